The second kappa shape index (κ2) is 8.48. The van der Waals surface area contributed by atoms with Crippen molar-refractivity contribution >= 4 is 29.0 Å². The van der Waals surface area contributed by atoms with E-state index in [-0.39, 0.29) is 23.0 Å². The van der Waals surface area contributed by atoms with Crippen LogP contribution in [0, 0.1) is 17.0 Å². The summed E-state index contributed by atoms with van der Waals surface area (Å²) in [5.41, 5.74) is 1.88. The third-order valence-corrected chi connectivity index (χ3v) is 4.70. The Morgan fingerprint density at radius 3 is 2.82 bits per heavy atom. The Balaban J connectivity index is 1.71. The number of para-hydroxylation sites is 1. The molecule has 0 unspecified atom stereocenters. The highest BCUT2D eigenvalue weighted by Crippen LogP contribution is 2.29. The lowest BCUT2D eigenvalue weighted by atomic mass is 10.2. The number of carbonyl (C=O) groups is 1. The van der Waals surface area contributed by atoms with Crippen LogP contribution in [0.3, 0.4) is 0 Å². The predicted molar refractivity (Wildman–Crippen MR) is 103 cm³/mol. The molecule has 0 aliphatic heterocycles. The van der Waals surface area contributed by atoms with Crippen molar-refractivity contribution in [2.45, 2.75) is 12.1 Å². The van der Waals surface area contributed by atoms with Gasteiger partial charge in [0.25, 0.3) is 5.69 Å². The molecule has 2 aromatic carbocycles. The minimum absolute atomic E-state index is 0.0120. The number of ether oxygens (including phenoxy) is 1. The van der Waals surface area contributed by atoms with E-state index in [0.29, 0.717) is 10.9 Å². The highest BCUT2D eigenvalue weighted by Gasteiger charge is 2.16. The van der Waals surface area contributed by atoms with Crippen LogP contribution in [0.5, 0.6) is 5.75 Å². The Kier molecular flexibility index (Phi) is 5.84. The van der Waals surface area contributed by atoms with Crippen LogP contribution < -0.4 is 10.1 Å². The Morgan fingerprint density at radius 2 is 2.11 bits per heavy atom. The zero-order chi connectivity index (χ0) is 20.1. The zero-order valence-corrected chi connectivity index (χ0v) is 15.8. The van der Waals surface area contributed by atoms with Gasteiger partial charge in [0.2, 0.25) is 11.1 Å². The van der Waals surface area contributed by atoms with E-state index in [9.17, 15) is 14.9 Å². The van der Waals surface area contributed by atoms with Gasteiger partial charge in [-0.05, 0) is 35.0 Å². The number of methoxy groups -OCH3 is 1. The number of aryl methyl sites for hydroxylation is 1. The van der Waals surface area contributed by atoms with Gasteiger partial charge < -0.3 is 10.1 Å². The first-order chi connectivity index (χ1) is 13.5. The van der Waals surface area contributed by atoms with Crippen LogP contribution in [0.2, 0.25) is 0 Å². The maximum absolute atomic E-state index is 12.3. The van der Waals surface area contributed by atoms with E-state index < -0.39 is 4.92 Å². The van der Waals surface area contributed by atoms with Crippen molar-refractivity contribution in [3.63, 3.8) is 0 Å². The van der Waals surface area contributed by atoms with Crippen LogP contribution in [-0.4, -0.2) is 43.9 Å². The molecule has 0 saturated carbocycles. The number of non-ortho nitro benzene ring substituents is 1. The second-order valence-electron chi connectivity index (χ2n) is 5.64. The third-order valence-electron chi connectivity index (χ3n) is 3.78. The number of benzene rings is 2. The highest BCUT2D eigenvalue weighted by atomic mass is 32.2. The smallest absolute Gasteiger partial charge is 0.271 e. The standard InChI is InChI=1S/C17H16N6O4S/c1-11-5-3-4-6-14(11)22-17(19-20-21-22)28-10-16(24)18-13-9-12(23(25)26)7-8-15(13)27-2/h3-9H,10H2,1-2H3,(H,18,24). The number of rotatable bonds is 7. The fourth-order valence-electron chi connectivity index (χ4n) is 2.44. The van der Waals surface area contributed by atoms with E-state index in [1.807, 2.05) is 31.2 Å². The Morgan fingerprint density at radius 1 is 1.32 bits per heavy atom. The molecule has 0 radical (unpaired) electrons. The van der Waals surface area contributed by atoms with E-state index in [0.717, 1.165) is 23.0 Å². The lowest BCUT2D eigenvalue weighted by Gasteiger charge is -2.10. The molecule has 144 valence electrons. The lowest BCUT2D eigenvalue weighted by Crippen LogP contribution is -2.15. The van der Waals surface area contributed by atoms with E-state index in [1.165, 1.54) is 25.3 Å². The van der Waals surface area contributed by atoms with E-state index in [4.69, 9.17) is 4.74 Å². The van der Waals surface area contributed by atoms with E-state index in [2.05, 4.69) is 20.8 Å². The number of amides is 1. The number of hydrogen-bond acceptors (Lipinski definition) is 8. The van der Waals surface area contributed by atoms with Gasteiger partial charge >= 0.3 is 0 Å². The molecule has 0 aliphatic carbocycles. The highest BCUT2D eigenvalue weighted by molar-refractivity contribution is 7.99. The molecule has 0 spiro atoms. The first kappa shape index (κ1) is 19.3. The molecular formula is C17H16N6O4S. The summed E-state index contributed by atoms with van der Waals surface area (Å²) in [5, 5.41) is 25.6. The quantitative estimate of drug-likeness (QED) is 0.364. The molecule has 1 amide bonds. The molecule has 11 heteroatoms. The number of nitro benzene ring substituents is 1. The Hall–Kier alpha value is -3.47. The van der Waals surface area contributed by atoms with Gasteiger partial charge in [0, 0.05) is 12.1 Å². The number of nitro groups is 1. The minimum Gasteiger partial charge on any atom is -0.495 e. The van der Waals surface area contributed by atoms with Gasteiger partial charge in [-0.3, -0.25) is 14.9 Å². The summed E-state index contributed by atoms with van der Waals surface area (Å²) in [5.74, 6) is -0.0326. The van der Waals surface area contributed by atoms with Crippen molar-refractivity contribution in [3.8, 4) is 11.4 Å². The number of nitrogens with zero attached hydrogens (tertiary/aromatic N) is 5. The number of tetrazole rings is 1. The monoisotopic (exact) mass is 400 g/mol. The molecule has 0 atom stereocenters. The van der Waals surface area contributed by atoms with Gasteiger partial charge in [-0.2, -0.15) is 4.68 Å². The van der Waals surface area contributed by atoms with Crippen molar-refractivity contribution < 1.29 is 14.5 Å². The van der Waals surface area contributed by atoms with Gasteiger partial charge in [-0.15, -0.1) is 5.10 Å². The average molecular weight is 400 g/mol. The Bertz CT molecular complexity index is 1020. The maximum atomic E-state index is 12.3. The molecule has 0 bridgehead atoms. The number of hydrogen-bond donors (Lipinski definition) is 1. The third kappa shape index (κ3) is 4.26. The molecular weight excluding hydrogens is 384 g/mol. The second-order valence-corrected chi connectivity index (χ2v) is 6.58. The summed E-state index contributed by atoms with van der Waals surface area (Å²) >= 11 is 1.15. The molecule has 0 fully saturated rings. The van der Waals surface area contributed by atoms with Gasteiger partial charge in [0.15, 0.2) is 0 Å². The normalized spacial score (nSPS) is 10.5. The molecule has 1 N–H and O–H groups in total. The van der Waals surface area contributed by atoms with Crippen molar-refractivity contribution in [2.75, 3.05) is 18.2 Å². The van der Waals surface area contributed by atoms with Gasteiger partial charge in [0.1, 0.15) is 5.75 Å². The average Bonchev–Trinajstić information content (AvgIpc) is 3.15. The summed E-state index contributed by atoms with van der Waals surface area (Å²) in [6.45, 7) is 1.94. The van der Waals surface area contributed by atoms with Crippen LogP contribution >= 0.6 is 11.8 Å². The summed E-state index contributed by atoms with van der Waals surface area (Å²) in [6.07, 6.45) is 0. The molecule has 28 heavy (non-hydrogen) atoms. The topological polar surface area (TPSA) is 125 Å². The molecule has 1 heterocycles. The van der Waals surface area contributed by atoms with Crippen LogP contribution in [0.1, 0.15) is 5.56 Å². The summed E-state index contributed by atoms with van der Waals surface area (Å²) in [4.78, 5) is 22.7. The van der Waals surface area contributed by atoms with Gasteiger partial charge in [-0.1, -0.05) is 30.0 Å². The number of thioether (sulfide) groups is 1. The first-order valence-corrected chi connectivity index (χ1v) is 9.07. The minimum atomic E-state index is -0.541. The molecule has 1 aromatic heterocycles. The SMILES string of the molecule is COc1ccc([N+](=O)[O-])cc1NC(=O)CSc1nnnn1-c1ccccc1C. The van der Waals surface area contributed by atoms with Gasteiger partial charge in [0.05, 0.1) is 29.2 Å². The summed E-state index contributed by atoms with van der Waals surface area (Å²) < 4.78 is 6.70. The molecule has 0 aliphatic rings. The van der Waals surface area contributed by atoms with Crippen LogP contribution in [0.25, 0.3) is 5.69 Å². The summed E-state index contributed by atoms with van der Waals surface area (Å²) in [6, 6.07) is 11.6. The van der Waals surface area contributed by atoms with Crippen LogP contribution in [-0.2, 0) is 4.79 Å². The lowest BCUT2D eigenvalue weighted by molar-refractivity contribution is -0.384. The van der Waals surface area contributed by atoms with Crippen LogP contribution in [0.15, 0.2) is 47.6 Å². The molecule has 10 nitrogen and oxygen atoms in total. The largest absolute Gasteiger partial charge is 0.495 e. The van der Waals surface area contributed by atoms with Crippen molar-refractivity contribution in [1.82, 2.24) is 20.2 Å². The zero-order valence-electron chi connectivity index (χ0n) is 15.0. The van der Waals surface area contributed by atoms with Crippen molar-refractivity contribution in [2.24, 2.45) is 0 Å². The first-order valence-electron chi connectivity index (χ1n) is 8.09. The van der Waals surface area contributed by atoms with Crippen molar-refractivity contribution in [1.29, 1.82) is 0 Å². The predicted octanol–water partition coefficient (Wildman–Crippen LogP) is 2.62. The Labute approximate surface area is 164 Å². The number of nitrogens with one attached hydrogen (secondary N) is 1. The fraction of sp³-hybridized carbons (Fsp3) is 0.176. The fourth-order valence-corrected chi connectivity index (χ4v) is 3.13. The summed E-state index contributed by atoms with van der Waals surface area (Å²) in [7, 11) is 1.42. The number of aromatic nitrogens is 4. The maximum Gasteiger partial charge on any atom is 0.271 e. The number of carbonyl (C=O) groups excluding carboxylic acids is 1. The van der Waals surface area contributed by atoms with E-state index >= 15 is 0 Å². The van der Waals surface area contributed by atoms with Crippen LogP contribution in [0.4, 0.5) is 11.4 Å². The molecule has 3 rings (SSSR count). The number of anilines is 1. The van der Waals surface area contributed by atoms with Crippen molar-refractivity contribution in [3.05, 3.63) is 58.1 Å². The van der Waals surface area contributed by atoms with Gasteiger partial charge in [-0.25, -0.2) is 0 Å². The van der Waals surface area contributed by atoms with E-state index in [1.54, 1.807) is 4.68 Å². The molecule has 0 saturated heterocycles. The molecule has 3 aromatic rings.